The number of carbonyl (C=O) groups excluding carboxylic acids is 1. The molecule has 0 atom stereocenters. The van der Waals surface area contributed by atoms with Gasteiger partial charge >= 0.3 is 0 Å². The molecule has 0 saturated carbocycles. The lowest BCUT2D eigenvalue weighted by molar-refractivity contribution is 0.104. The van der Waals surface area contributed by atoms with E-state index in [4.69, 9.17) is 11.6 Å². The lowest BCUT2D eigenvalue weighted by Gasteiger charge is -2.00. The molecule has 2 rings (SSSR count). The van der Waals surface area contributed by atoms with Crippen LogP contribution in [0.4, 0.5) is 5.69 Å². The van der Waals surface area contributed by atoms with E-state index < -0.39 is 0 Å². The average Bonchev–Trinajstić information content (AvgIpc) is 2.41. The molecule has 0 radical (unpaired) electrons. The maximum absolute atomic E-state index is 11.8. The van der Waals surface area contributed by atoms with Crippen LogP contribution in [0, 0.1) is 0 Å². The average molecular weight is 337 g/mol. The van der Waals surface area contributed by atoms with Gasteiger partial charge in [0.05, 0.1) is 0 Å². The minimum atomic E-state index is -0.0683. The van der Waals surface area contributed by atoms with Crippen molar-refractivity contribution in [1.82, 2.24) is 0 Å². The Morgan fingerprint density at radius 2 is 1.68 bits per heavy atom. The third-order valence-corrected chi connectivity index (χ3v) is 3.24. The molecule has 19 heavy (non-hydrogen) atoms. The maximum atomic E-state index is 11.8. The van der Waals surface area contributed by atoms with E-state index >= 15 is 0 Å². The van der Waals surface area contributed by atoms with Crippen molar-refractivity contribution >= 4 is 39.0 Å². The summed E-state index contributed by atoms with van der Waals surface area (Å²) in [5.74, 6) is -0.0683. The van der Waals surface area contributed by atoms with E-state index in [0.29, 0.717) is 10.6 Å². The van der Waals surface area contributed by atoms with Gasteiger partial charge in [0.15, 0.2) is 5.78 Å². The zero-order valence-electron chi connectivity index (χ0n) is 9.94. The fourth-order valence-electron chi connectivity index (χ4n) is 1.47. The number of halogens is 2. The van der Waals surface area contributed by atoms with Crippen molar-refractivity contribution in [3.63, 3.8) is 0 Å². The molecular formula is C15H11BrClNO. The Hall–Kier alpha value is -1.58. The van der Waals surface area contributed by atoms with Gasteiger partial charge in [-0.2, -0.15) is 0 Å². The standard InChI is InChI=1S/C15H11BrClNO/c16-12-3-7-14(8-4-12)18-10-9-15(19)11-1-5-13(17)6-2-11/h1-10,18H/b10-9+. The fraction of sp³-hybridized carbons (Fsp3) is 0. The van der Waals surface area contributed by atoms with Gasteiger partial charge in [-0.05, 0) is 48.5 Å². The molecule has 0 unspecified atom stereocenters. The van der Waals surface area contributed by atoms with E-state index in [2.05, 4.69) is 21.2 Å². The van der Waals surface area contributed by atoms with Gasteiger partial charge in [-0.25, -0.2) is 0 Å². The summed E-state index contributed by atoms with van der Waals surface area (Å²) in [4.78, 5) is 11.8. The van der Waals surface area contributed by atoms with Crippen LogP contribution in [0.15, 0.2) is 65.3 Å². The number of carbonyl (C=O) groups is 1. The molecule has 0 fully saturated rings. The summed E-state index contributed by atoms with van der Waals surface area (Å²) in [7, 11) is 0. The molecule has 0 aromatic heterocycles. The number of hydrogen-bond acceptors (Lipinski definition) is 2. The summed E-state index contributed by atoms with van der Waals surface area (Å²) >= 11 is 9.13. The number of benzene rings is 2. The molecule has 2 aromatic rings. The lowest BCUT2D eigenvalue weighted by Crippen LogP contribution is -1.95. The number of allylic oxidation sites excluding steroid dienone is 1. The van der Waals surface area contributed by atoms with Gasteiger partial charge in [-0.15, -0.1) is 0 Å². The second-order valence-corrected chi connectivity index (χ2v) is 5.21. The van der Waals surface area contributed by atoms with Gasteiger partial charge in [-0.1, -0.05) is 27.5 Å². The third-order valence-electron chi connectivity index (χ3n) is 2.46. The van der Waals surface area contributed by atoms with Gasteiger partial charge < -0.3 is 5.32 Å². The fourth-order valence-corrected chi connectivity index (χ4v) is 1.86. The van der Waals surface area contributed by atoms with Crippen LogP contribution in [0.25, 0.3) is 0 Å². The summed E-state index contributed by atoms with van der Waals surface area (Å²) < 4.78 is 1.01. The topological polar surface area (TPSA) is 29.1 Å². The highest BCUT2D eigenvalue weighted by atomic mass is 79.9. The van der Waals surface area contributed by atoms with Crippen molar-refractivity contribution in [2.24, 2.45) is 0 Å². The molecule has 0 amide bonds. The molecule has 0 heterocycles. The highest BCUT2D eigenvalue weighted by Gasteiger charge is 2.00. The van der Waals surface area contributed by atoms with E-state index in [0.717, 1.165) is 10.2 Å². The molecule has 4 heteroatoms. The Kier molecular flexibility index (Phi) is 4.77. The van der Waals surface area contributed by atoms with Crippen LogP contribution in [0.2, 0.25) is 5.02 Å². The van der Waals surface area contributed by atoms with Crippen LogP contribution in [0.3, 0.4) is 0 Å². The highest BCUT2D eigenvalue weighted by molar-refractivity contribution is 9.10. The van der Waals surface area contributed by atoms with Crippen molar-refractivity contribution in [3.8, 4) is 0 Å². The molecule has 96 valence electrons. The minimum absolute atomic E-state index is 0.0683. The van der Waals surface area contributed by atoms with Crippen molar-refractivity contribution in [2.75, 3.05) is 5.32 Å². The van der Waals surface area contributed by atoms with E-state index in [1.54, 1.807) is 30.5 Å². The predicted molar refractivity (Wildman–Crippen MR) is 82.7 cm³/mol. The Bertz CT molecular complexity index is 591. The molecule has 0 saturated heterocycles. The molecule has 0 aliphatic heterocycles. The number of ketones is 1. The Balaban J connectivity index is 1.97. The van der Waals surface area contributed by atoms with E-state index in [9.17, 15) is 4.79 Å². The Labute approximate surface area is 125 Å². The molecule has 2 aromatic carbocycles. The zero-order valence-corrected chi connectivity index (χ0v) is 12.3. The van der Waals surface area contributed by atoms with E-state index in [1.165, 1.54) is 6.08 Å². The molecule has 0 spiro atoms. The van der Waals surface area contributed by atoms with Crippen molar-refractivity contribution in [3.05, 3.63) is 75.9 Å². The SMILES string of the molecule is O=C(/C=C/Nc1ccc(Br)cc1)c1ccc(Cl)cc1. The number of rotatable bonds is 4. The van der Waals surface area contributed by atoms with Crippen molar-refractivity contribution < 1.29 is 4.79 Å². The first-order valence-corrected chi connectivity index (χ1v) is 6.81. The molecule has 0 aliphatic rings. The van der Waals surface area contributed by atoms with Crippen LogP contribution in [-0.4, -0.2) is 5.78 Å². The molecule has 1 N–H and O–H groups in total. The molecule has 0 aliphatic carbocycles. The number of hydrogen-bond donors (Lipinski definition) is 1. The first-order chi connectivity index (χ1) is 9.15. The third kappa shape index (κ3) is 4.23. The summed E-state index contributed by atoms with van der Waals surface area (Å²) in [6.45, 7) is 0. The maximum Gasteiger partial charge on any atom is 0.187 e. The van der Waals surface area contributed by atoms with Gasteiger partial charge in [-0.3, -0.25) is 4.79 Å². The lowest BCUT2D eigenvalue weighted by atomic mass is 10.1. The van der Waals surface area contributed by atoms with E-state index in [-0.39, 0.29) is 5.78 Å². The van der Waals surface area contributed by atoms with Gasteiger partial charge in [0.1, 0.15) is 0 Å². The largest absolute Gasteiger partial charge is 0.362 e. The molecule has 0 bridgehead atoms. The smallest absolute Gasteiger partial charge is 0.187 e. The van der Waals surface area contributed by atoms with Crippen LogP contribution >= 0.6 is 27.5 Å². The van der Waals surface area contributed by atoms with Crippen molar-refractivity contribution in [2.45, 2.75) is 0 Å². The van der Waals surface area contributed by atoms with Crippen molar-refractivity contribution in [1.29, 1.82) is 0 Å². The van der Waals surface area contributed by atoms with Crippen LogP contribution in [0.1, 0.15) is 10.4 Å². The number of nitrogens with one attached hydrogen (secondary N) is 1. The number of anilines is 1. The van der Waals surface area contributed by atoms with E-state index in [1.807, 2.05) is 24.3 Å². The summed E-state index contributed by atoms with van der Waals surface area (Å²) in [6.07, 6.45) is 3.12. The zero-order chi connectivity index (χ0) is 13.7. The second-order valence-electron chi connectivity index (χ2n) is 3.86. The van der Waals surface area contributed by atoms with Gasteiger partial charge in [0.2, 0.25) is 0 Å². The summed E-state index contributed by atoms with van der Waals surface area (Å²) in [6, 6.07) is 14.5. The van der Waals surface area contributed by atoms with Crippen LogP contribution in [-0.2, 0) is 0 Å². The summed E-state index contributed by atoms with van der Waals surface area (Å²) in [5.41, 5.74) is 1.53. The van der Waals surface area contributed by atoms with Gasteiger partial charge in [0, 0.05) is 33.0 Å². The van der Waals surface area contributed by atoms with Gasteiger partial charge in [0.25, 0.3) is 0 Å². The summed E-state index contributed by atoms with van der Waals surface area (Å²) in [5, 5.41) is 3.65. The Morgan fingerprint density at radius 1 is 1.05 bits per heavy atom. The molecular weight excluding hydrogens is 326 g/mol. The van der Waals surface area contributed by atoms with Crippen LogP contribution < -0.4 is 5.32 Å². The molecule has 2 nitrogen and oxygen atoms in total. The predicted octanol–water partition coefficient (Wildman–Crippen LogP) is 4.91. The minimum Gasteiger partial charge on any atom is -0.362 e. The first kappa shape index (κ1) is 13.8. The quantitative estimate of drug-likeness (QED) is 0.635. The van der Waals surface area contributed by atoms with Crippen LogP contribution in [0.5, 0.6) is 0 Å². The first-order valence-electron chi connectivity index (χ1n) is 5.64. The monoisotopic (exact) mass is 335 g/mol. The Morgan fingerprint density at radius 3 is 2.32 bits per heavy atom. The normalized spacial score (nSPS) is 10.6. The highest BCUT2D eigenvalue weighted by Crippen LogP contribution is 2.14. The second kappa shape index (κ2) is 6.55.